The number of nitrogens with one attached hydrogen (secondary N) is 1. The second-order valence-electron chi connectivity index (χ2n) is 5.14. The van der Waals surface area contributed by atoms with Crippen LogP contribution in [0.15, 0.2) is 18.2 Å². The van der Waals surface area contributed by atoms with Gasteiger partial charge in [-0.1, -0.05) is 19.1 Å². The van der Waals surface area contributed by atoms with Crippen molar-refractivity contribution in [3.63, 3.8) is 0 Å². The molecule has 1 aliphatic heterocycles. The van der Waals surface area contributed by atoms with E-state index in [0.717, 1.165) is 24.9 Å². The van der Waals surface area contributed by atoms with Gasteiger partial charge in [0.15, 0.2) is 0 Å². The Labute approximate surface area is 119 Å². The minimum absolute atomic E-state index is 0.284. The van der Waals surface area contributed by atoms with Crippen molar-refractivity contribution < 1.29 is 9.18 Å². The van der Waals surface area contributed by atoms with E-state index in [9.17, 15) is 9.18 Å². The number of carbonyl (C=O) groups excluding carboxylic acids is 1. The number of amides is 1. The van der Waals surface area contributed by atoms with Crippen LogP contribution in [0.2, 0.25) is 0 Å². The summed E-state index contributed by atoms with van der Waals surface area (Å²) in [5, 5.41) is 3.21. The van der Waals surface area contributed by atoms with Gasteiger partial charge >= 0.3 is 0 Å². The van der Waals surface area contributed by atoms with Crippen molar-refractivity contribution in [1.29, 1.82) is 0 Å². The fourth-order valence-corrected chi connectivity index (χ4v) is 2.78. The molecule has 1 atom stereocenters. The van der Waals surface area contributed by atoms with Crippen LogP contribution in [0.3, 0.4) is 0 Å². The lowest BCUT2D eigenvalue weighted by Crippen LogP contribution is -2.48. The van der Waals surface area contributed by atoms with Gasteiger partial charge < -0.3 is 16.0 Å². The highest BCUT2D eigenvalue weighted by molar-refractivity contribution is 5.84. The van der Waals surface area contributed by atoms with Gasteiger partial charge in [-0.05, 0) is 37.4 Å². The first-order chi connectivity index (χ1) is 9.65. The van der Waals surface area contributed by atoms with Gasteiger partial charge in [-0.15, -0.1) is 0 Å². The molecule has 0 bridgehead atoms. The van der Waals surface area contributed by atoms with E-state index in [-0.39, 0.29) is 11.7 Å². The Balaban J connectivity index is 2.35. The van der Waals surface area contributed by atoms with Crippen LogP contribution in [-0.4, -0.2) is 25.0 Å². The Morgan fingerprint density at radius 1 is 1.50 bits per heavy atom. The predicted octanol–water partition coefficient (Wildman–Crippen LogP) is 1.78. The van der Waals surface area contributed by atoms with Gasteiger partial charge in [0, 0.05) is 13.1 Å². The Hall–Kier alpha value is -1.62. The lowest BCUT2D eigenvalue weighted by molar-refractivity contribution is -0.119. The van der Waals surface area contributed by atoms with Gasteiger partial charge in [-0.3, -0.25) is 4.79 Å². The molecular formula is C15H22FN3O. The van der Waals surface area contributed by atoms with Gasteiger partial charge in [0.25, 0.3) is 0 Å². The fourth-order valence-electron chi connectivity index (χ4n) is 2.78. The summed E-state index contributed by atoms with van der Waals surface area (Å²) in [6.07, 6.45) is 2.62. The molecule has 0 aromatic heterocycles. The topological polar surface area (TPSA) is 58.4 Å². The molecule has 0 radical (unpaired) electrons. The third kappa shape index (κ3) is 3.10. The third-order valence-electron chi connectivity index (χ3n) is 3.75. The van der Waals surface area contributed by atoms with Crippen LogP contribution in [0.25, 0.3) is 0 Å². The Morgan fingerprint density at radius 3 is 3.00 bits per heavy atom. The average Bonchev–Trinajstić information content (AvgIpc) is 2.45. The predicted molar refractivity (Wildman–Crippen MR) is 78.0 cm³/mol. The van der Waals surface area contributed by atoms with Crippen LogP contribution in [0.5, 0.6) is 0 Å². The van der Waals surface area contributed by atoms with Crippen LogP contribution < -0.4 is 16.0 Å². The van der Waals surface area contributed by atoms with E-state index in [2.05, 4.69) is 5.32 Å². The molecular weight excluding hydrogens is 257 g/mol. The highest BCUT2D eigenvalue weighted by Crippen LogP contribution is 2.30. The molecule has 4 nitrogen and oxygen atoms in total. The van der Waals surface area contributed by atoms with Crippen LogP contribution in [0.4, 0.5) is 10.1 Å². The number of hydrogen-bond acceptors (Lipinski definition) is 3. The van der Waals surface area contributed by atoms with Gasteiger partial charge in [0.1, 0.15) is 11.9 Å². The van der Waals surface area contributed by atoms with Crippen molar-refractivity contribution >= 4 is 11.6 Å². The quantitative estimate of drug-likeness (QED) is 0.864. The zero-order valence-corrected chi connectivity index (χ0v) is 11.9. The van der Waals surface area contributed by atoms with Gasteiger partial charge in [-0.2, -0.15) is 0 Å². The molecule has 0 saturated carbocycles. The molecule has 1 saturated heterocycles. The van der Waals surface area contributed by atoms with Crippen LogP contribution in [0.1, 0.15) is 31.7 Å². The van der Waals surface area contributed by atoms with Crippen molar-refractivity contribution in [2.45, 2.75) is 38.8 Å². The van der Waals surface area contributed by atoms with Crippen molar-refractivity contribution in [2.24, 2.45) is 5.73 Å². The van der Waals surface area contributed by atoms with Gasteiger partial charge in [-0.25, -0.2) is 4.39 Å². The SMILES string of the molecule is CCNCc1cccc(F)c1N1CCCCC1C(N)=O. The van der Waals surface area contributed by atoms with Crippen molar-refractivity contribution in [3.05, 3.63) is 29.6 Å². The van der Waals surface area contributed by atoms with E-state index in [1.54, 1.807) is 6.07 Å². The summed E-state index contributed by atoms with van der Waals surface area (Å²) < 4.78 is 14.3. The summed E-state index contributed by atoms with van der Waals surface area (Å²) in [7, 11) is 0. The lowest BCUT2D eigenvalue weighted by atomic mass is 9.99. The molecule has 1 unspecified atom stereocenters. The zero-order valence-electron chi connectivity index (χ0n) is 11.9. The molecule has 0 aliphatic carbocycles. The van der Waals surface area contributed by atoms with Crippen LogP contribution in [-0.2, 0) is 11.3 Å². The summed E-state index contributed by atoms with van der Waals surface area (Å²) >= 11 is 0. The molecule has 1 amide bonds. The number of rotatable bonds is 5. The zero-order chi connectivity index (χ0) is 14.5. The molecule has 20 heavy (non-hydrogen) atoms. The summed E-state index contributed by atoms with van der Waals surface area (Å²) in [5.74, 6) is -0.657. The standard InChI is InChI=1S/C15H22FN3O/c1-2-18-10-11-6-5-7-12(16)14(11)19-9-4-3-8-13(19)15(17)20/h5-7,13,18H,2-4,8-10H2,1H3,(H2,17,20). The minimum atomic E-state index is -0.402. The van der Waals surface area contributed by atoms with E-state index >= 15 is 0 Å². The number of anilines is 1. The highest BCUT2D eigenvalue weighted by Gasteiger charge is 2.30. The number of primary amides is 1. The molecule has 1 heterocycles. The normalized spacial score (nSPS) is 19.1. The fraction of sp³-hybridized carbons (Fsp3) is 0.533. The van der Waals surface area contributed by atoms with Crippen LogP contribution >= 0.6 is 0 Å². The smallest absolute Gasteiger partial charge is 0.240 e. The second kappa shape index (κ2) is 6.70. The minimum Gasteiger partial charge on any atom is -0.368 e. The maximum absolute atomic E-state index is 14.3. The highest BCUT2D eigenvalue weighted by atomic mass is 19.1. The first-order valence-electron chi connectivity index (χ1n) is 7.19. The lowest BCUT2D eigenvalue weighted by Gasteiger charge is -2.37. The molecule has 5 heteroatoms. The number of hydrogen-bond donors (Lipinski definition) is 2. The Morgan fingerprint density at radius 2 is 2.30 bits per heavy atom. The van der Waals surface area contributed by atoms with Gasteiger partial charge in [0.05, 0.1) is 5.69 Å². The molecule has 110 valence electrons. The number of carbonyl (C=O) groups is 1. The van der Waals surface area contributed by atoms with E-state index < -0.39 is 6.04 Å². The second-order valence-corrected chi connectivity index (χ2v) is 5.14. The average molecular weight is 279 g/mol. The summed E-state index contributed by atoms with van der Waals surface area (Å²) in [5.41, 5.74) is 6.88. The van der Waals surface area contributed by atoms with E-state index in [1.807, 2.05) is 17.9 Å². The molecule has 1 fully saturated rings. The van der Waals surface area contributed by atoms with Crippen LogP contribution in [0, 0.1) is 5.82 Å². The first-order valence-corrected chi connectivity index (χ1v) is 7.19. The first kappa shape index (κ1) is 14.8. The summed E-state index contributed by atoms with van der Waals surface area (Å²) in [6.45, 7) is 4.08. The molecule has 1 aromatic carbocycles. The molecule has 0 spiro atoms. The number of benzene rings is 1. The van der Waals surface area contributed by atoms with Gasteiger partial charge in [0.2, 0.25) is 5.91 Å². The Kier molecular flexibility index (Phi) is 4.95. The number of nitrogens with zero attached hydrogens (tertiary/aromatic N) is 1. The van der Waals surface area contributed by atoms with Crippen molar-refractivity contribution in [3.8, 4) is 0 Å². The van der Waals surface area contributed by atoms with E-state index in [1.165, 1.54) is 6.07 Å². The maximum atomic E-state index is 14.3. The Bertz CT molecular complexity index is 478. The molecule has 2 rings (SSSR count). The summed E-state index contributed by atoms with van der Waals surface area (Å²) in [6, 6.07) is 4.64. The van der Waals surface area contributed by atoms with E-state index in [4.69, 9.17) is 5.73 Å². The summed E-state index contributed by atoms with van der Waals surface area (Å²) in [4.78, 5) is 13.5. The molecule has 1 aromatic rings. The van der Waals surface area contributed by atoms with Crippen molar-refractivity contribution in [1.82, 2.24) is 5.32 Å². The number of nitrogens with two attached hydrogens (primary N) is 1. The molecule has 3 N–H and O–H groups in total. The largest absolute Gasteiger partial charge is 0.368 e. The van der Waals surface area contributed by atoms with E-state index in [0.29, 0.717) is 25.2 Å². The maximum Gasteiger partial charge on any atom is 0.240 e. The molecule has 1 aliphatic rings. The number of halogens is 1. The number of piperidine rings is 1. The van der Waals surface area contributed by atoms with Crippen molar-refractivity contribution in [2.75, 3.05) is 18.0 Å². The third-order valence-corrected chi connectivity index (χ3v) is 3.75. The number of para-hydroxylation sites is 1. The monoisotopic (exact) mass is 279 g/mol.